The molecule has 0 radical (unpaired) electrons. The zero-order valence-corrected chi connectivity index (χ0v) is 9.99. The molecule has 1 rings (SSSR count). The van der Waals surface area contributed by atoms with E-state index in [-0.39, 0.29) is 12.0 Å². The van der Waals surface area contributed by atoms with Gasteiger partial charge in [0.15, 0.2) is 0 Å². The van der Waals surface area contributed by atoms with E-state index in [0.717, 1.165) is 12.4 Å². The fourth-order valence-electron chi connectivity index (χ4n) is 1.56. The highest BCUT2D eigenvalue weighted by Crippen LogP contribution is 2.18. The topological polar surface area (TPSA) is 36.4 Å². The van der Waals surface area contributed by atoms with Gasteiger partial charge in [-0.1, -0.05) is 26.8 Å². The molecule has 0 saturated carbocycles. The first kappa shape index (κ1) is 12.0. The molecule has 1 aromatic rings. The first-order valence-electron chi connectivity index (χ1n) is 5.20. The van der Waals surface area contributed by atoms with E-state index in [1.807, 2.05) is 25.2 Å². The van der Waals surface area contributed by atoms with Crippen LogP contribution in [0.3, 0.4) is 0 Å². The Balaban J connectivity index is 2.77. The summed E-state index contributed by atoms with van der Waals surface area (Å²) in [5.41, 5.74) is 0.958. The maximum atomic E-state index is 9.00. The van der Waals surface area contributed by atoms with Crippen molar-refractivity contribution in [2.75, 3.05) is 18.5 Å². The van der Waals surface area contributed by atoms with Crippen molar-refractivity contribution in [2.24, 2.45) is 5.41 Å². The summed E-state index contributed by atoms with van der Waals surface area (Å²) in [6.45, 7) is 7.52. The van der Waals surface area contributed by atoms with Gasteiger partial charge < -0.3 is 10.0 Å². The van der Waals surface area contributed by atoms with E-state index in [9.17, 15) is 0 Å². The number of rotatable bonds is 3. The van der Waals surface area contributed by atoms with E-state index < -0.39 is 0 Å². The zero-order chi connectivity index (χ0) is 11.5. The lowest BCUT2D eigenvalue weighted by Crippen LogP contribution is -2.29. The molecular weight excluding hydrogens is 188 g/mol. The van der Waals surface area contributed by atoms with Crippen LogP contribution in [0.5, 0.6) is 0 Å². The third-order valence-electron chi connectivity index (χ3n) is 2.06. The second-order valence-corrected chi connectivity index (χ2v) is 5.06. The van der Waals surface area contributed by atoms with Crippen LogP contribution in [-0.2, 0) is 6.61 Å². The van der Waals surface area contributed by atoms with Gasteiger partial charge in [-0.3, -0.25) is 0 Å². The molecule has 1 aromatic heterocycles. The maximum Gasteiger partial charge on any atom is 0.128 e. The largest absolute Gasteiger partial charge is 0.390 e. The van der Waals surface area contributed by atoms with E-state index in [0.29, 0.717) is 5.69 Å². The van der Waals surface area contributed by atoms with Gasteiger partial charge >= 0.3 is 0 Å². The first-order valence-corrected chi connectivity index (χ1v) is 5.20. The van der Waals surface area contributed by atoms with Crippen LogP contribution in [0, 0.1) is 5.41 Å². The number of hydrogen-bond donors (Lipinski definition) is 1. The molecule has 0 amide bonds. The fourth-order valence-corrected chi connectivity index (χ4v) is 1.56. The van der Waals surface area contributed by atoms with Crippen molar-refractivity contribution in [1.29, 1.82) is 0 Å². The summed E-state index contributed by atoms with van der Waals surface area (Å²) in [6.07, 6.45) is 0. The standard InChI is InChI=1S/C12H20N2O/c1-12(2,3)9-14(4)11-7-5-6-10(8-15)13-11/h5-7,15H,8-9H2,1-4H3. The lowest BCUT2D eigenvalue weighted by molar-refractivity contribution is 0.277. The highest BCUT2D eigenvalue weighted by Gasteiger charge is 2.14. The average Bonchev–Trinajstić information content (AvgIpc) is 2.15. The third-order valence-corrected chi connectivity index (χ3v) is 2.06. The fraction of sp³-hybridized carbons (Fsp3) is 0.583. The predicted octanol–water partition coefficient (Wildman–Crippen LogP) is 2.06. The molecular formula is C12H20N2O. The third kappa shape index (κ3) is 3.88. The van der Waals surface area contributed by atoms with Gasteiger partial charge in [-0.05, 0) is 17.5 Å². The summed E-state index contributed by atoms with van der Waals surface area (Å²) in [5, 5.41) is 9.00. The lowest BCUT2D eigenvalue weighted by atomic mass is 9.96. The van der Waals surface area contributed by atoms with E-state index in [1.165, 1.54) is 0 Å². The number of aliphatic hydroxyl groups is 1. The van der Waals surface area contributed by atoms with E-state index in [1.54, 1.807) is 0 Å². The molecule has 0 aliphatic carbocycles. The Labute approximate surface area is 91.8 Å². The van der Waals surface area contributed by atoms with Crippen LogP contribution in [0.25, 0.3) is 0 Å². The molecule has 0 unspecified atom stereocenters. The molecule has 1 N–H and O–H groups in total. The van der Waals surface area contributed by atoms with Gasteiger partial charge in [0, 0.05) is 13.6 Å². The van der Waals surface area contributed by atoms with Crippen LogP contribution < -0.4 is 4.90 Å². The summed E-state index contributed by atoms with van der Waals surface area (Å²) in [5.74, 6) is 0.913. The van der Waals surface area contributed by atoms with Crippen LogP contribution in [0.4, 0.5) is 5.82 Å². The van der Waals surface area contributed by atoms with Gasteiger partial charge in [0.2, 0.25) is 0 Å². The molecule has 0 bridgehead atoms. The highest BCUT2D eigenvalue weighted by molar-refractivity contribution is 5.38. The van der Waals surface area contributed by atoms with Crippen molar-refractivity contribution in [3.8, 4) is 0 Å². The molecule has 0 saturated heterocycles. The van der Waals surface area contributed by atoms with E-state index in [4.69, 9.17) is 5.11 Å². The molecule has 15 heavy (non-hydrogen) atoms. The van der Waals surface area contributed by atoms with Gasteiger partial charge in [-0.15, -0.1) is 0 Å². The van der Waals surface area contributed by atoms with Crippen LogP contribution in [-0.4, -0.2) is 23.7 Å². The second kappa shape index (κ2) is 4.62. The monoisotopic (exact) mass is 208 g/mol. The van der Waals surface area contributed by atoms with Gasteiger partial charge in [0.25, 0.3) is 0 Å². The quantitative estimate of drug-likeness (QED) is 0.826. The molecule has 0 aliphatic heterocycles. The normalized spacial score (nSPS) is 11.5. The average molecular weight is 208 g/mol. The Bertz CT molecular complexity index is 318. The number of hydrogen-bond acceptors (Lipinski definition) is 3. The molecule has 3 heteroatoms. The lowest BCUT2D eigenvalue weighted by Gasteiger charge is -2.27. The molecule has 0 spiro atoms. The number of nitrogens with zero attached hydrogens (tertiary/aromatic N) is 2. The molecule has 0 atom stereocenters. The van der Waals surface area contributed by atoms with Gasteiger partial charge in [0.1, 0.15) is 5.82 Å². The van der Waals surface area contributed by atoms with E-state index in [2.05, 4.69) is 30.7 Å². The maximum absolute atomic E-state index is 9.00. The zero-order valence-electron chi connectivity index (χ0n) is 9.99. The highest BCUT2D eigenvalue weighted by atomic mass is 16.3. The first-order chi connectivity index (χ1) is 6.92. The molecule has 0 aromatic carbocycles. The second-order valence-electron chi connectivity index (χ2n) is 5.06. The number of pyridine rings is 1. The van der Waals surface area contributed by atoms with Crippen molar-refractivity contribution >= 4 is 5.82 Å². The predicted molar refractivity (Wildman–Crippen MR) is 62.9 cm³/mol. The molecule has 0 fully saturated rings. The summed E-state index contributed by atoms with van der Waals surface area (Å²) in [7, 11) is 2.02. The smallest absolute Gasteiger partial charge is 0.128 e. The van der Waals surface area contributed by atoms with Crippen molar-refractivity contribution in [1.82, 2.24) is 4.98 Å². The van der Waals surface area contributed by atoms with Gasteiger partial charge in [-0.25, -0.2) is 4.98 Å². The van der Waals surface area contributed by atoms with Crippen molar-refractivity contribution in [3.05, 3.63) is 23.9 Å². The van der Waals surface area contributed by atoms with Crippen molar-refractivity contribution in [3.63, 3.8) is 0 Å². The Kier molecular flexibility index (Phi) is 3.69. The van der Waals surface area contributed by atoms with E-state index >= 15 is 0 Å². The summed E-state index contributed by atoms with van der Waals surface area (Å²) in [6, 6.07) is 5.71. The van der Waals surface area contributed by atoms with Gasteiger partial charge in [0.05, 0.1) is 12.3 Å². The molecule has 3 nitrogen and oxygen atoms in total. The Hall–Kier alpha value is -1.09. The SMILES string of the molecule is CN(CC(C)(C)C)c1cccc(CO)n1. The van der Waals surface area contributed by atoms with Gasteiger partial charge in [-0.2, -0.15) is 0 Å². The number of aromatic nitrogens is 1. The minimum Gasteiger partial charge on any atom is -0.390 e. The Morgan fingerprint density at radius 2 is 2.00 bits per heavy atom. The van der Waals surface area contributed by atoms with Crippen molar-refractivity contribution in [2.45, 2.75) is 27.4 Å². The summed E-state index contributed by atoms with van der Waals surface area (Å²) in [4.78, 5) is 6.46. The van der Waals surface area contributed by atoms with Crippen molar-refractivity contribution < 1.29 is 5.11 Å². The molecule has 0 aliphatic rings. The summed E-state index contributed by atoms with van der Waals surface area (Å²) >= 11 is 0. The minimum atomic E-state index is -0.00278. The van der Waals surface area contributed by atoms with Crippen LogP contribution in [0.15, 0.2) is 18.2 Å². The Morgan fingerprint density at radius 3 is 2.53 bits per heavy atom. The van der Waals surface area contributed by atoms with Crippen LogP contribution >= 0.6 is 0 Å². The Morgan fingerprint density at radius 1 is 1.33 bits per heavy atom. The number of anilines is 1. The summed E-state index contributed by atoms with van der Waals surface area (Å²) < 4.78 is 0. The van der Waals surface area contributed by atoms with Crippen LogP contribution in [0.2, 0.25) is 0 Å². The molecule has 1 heterocycles. The minimum absolute atomic E-state index is 0.00278. The number of aliphatic hydroxyl groups excluding tert-OH is 1. The van der Waals surface area contributed by atoms with Crippen LogP contribution in [0.1, 0.15) is 26.5 Å². The molecule has 84 valence electrons.